The molecule has 1 atom stereocenters. The number of carboxylic acids is 1. The normalized spacial score (nSPS) is 12.3. The maximum atomic E-state index is 10.7. The molecule has 0 spiro atoms. The van der Waals surface area contributed by atoms with E-state index in [2.05, 4.69) is 15.5 Å². The van der Waals surface area contributed by atoms with E-state index in [4.69, 9.17) is 5.11 Å². The van der Waals surface area contributed by atoms with Gasteiger partial charge in [0.2, 0.25) is 0 Å². The molecular formula is C13H16N4O2. The highest BCUT2D eigenvalue weighted by Gasteiger charge is 2.14. The SMILES string of the molecule is Cc1ccc(-c2nnnn2CC(C)CC(=O)O)cc1. The molecule has 2 aromatic rings. The Morgan fingerprint density at radius 2 is 2.05 bits per heavy atom. The van der Waals surface area contributed by atoms with Gasteiger partial charge < -0.3 is 5.11 Å². The Kier molecular flexibility index (Phi) is 3.89. The van der Waals surface area contributed by atoms with Crippen molar-refractivity contribution in [2.75, 3.05) is 0 Å². The van der Waals surface area contributed by atoms with Crippen LogP contribution in [0.3, 0.4) is 0 Å². The van der Waals surface area contributed by atoms with Crippen molar-refractivity contribution < 1.29 is 9.90 Å². The van der Waals surface area contributed by atoms with E-state index in [1.54, 1.807) is 4.68 Å². The highest BCUT2D eigenvalue weighted by atomic mass is 16.4. The van der Waals surface area contributed by atoms with Gasteiger partial charge in [-0.25, -0.2) is 4.68 Å². The first-order valence-corrected chi connectivity index (χ1v) is 6.11. The summed E-state index contributed by atoms with van der Waals surface area (Å²) in [5.74, 6) is -0.167. The lowest BCUT2D eigenvalue weighted by Crippen LogP contribution is -2.14. The van der Waals surface area contributed by atoms with Crippen LogP contribution in [0, 0.1) is 12.8 Å². The van der Waals surface area contributed by atoms with Crippen LogP contribution in [0.2, 0.25) is 0 Å². The second-order valence-corrected chi connectivity index (χ2v) is 4.75. The van der Waals surface area contributed by atoms with Gasteiger partial charge in [-0.05, 0) is 23.3 Å². The summed E-state index contributed by atoms with van der Waals surface area (Å²) in [5, 5.41) is 20.4. The molecule has 2 rings (SSSR count). The van der Waals surface area contributed by atoms with Gasteiger partial charge in [-0.3, -0.25) is 4.79 Å². The van der Waals surface area contributed by atoms with Crippen LogP contribution in [0.5, 0.6) is 0 Å². The number of hydrogen-bond donors (Lipinski definition) is 1. The monoisotopic (exact) mass is 260 g/mol. The summed E-state index contributed by atoms with van der Waals surface area (Å²) >= 11 is 0. The van der Waals surface area contributed by atoms with Gasteiger partial charge in [0.25, 0.3) is 0 Å². The van der Waals surface area contributed by atoms with E-state index < -0.39 is 5.97 Å². The number of hydrogen-bond acceptors (Lipinski definition) is 4. The fourth-order valence-electron chi connectivity index (χ4n) is 1.89. The number of aliphatic carboxylic acids is 1. The number of benzene rings is 1. The minimum atomic E-state index is -0.808. The van der Waals surface area contributed by atoms with E-state index in [0.29, 0.717) is 12.4 Å². The fraction of sp³-hybridized carbons (Fsp3) is 0.385. The summed E-state index contributed by atoms with van der Waals surface area (Å²) in [6.45, 7) is 4.37. The van der Waals surface area contributed by atoms with Crippen molar-refractivity contribution in [3.63, 3.8) is 0 Å². The first-order chi connectivity index (χ1) is 9.06. The molecule has 0 aliphatic rings. The van der Waals surface area contributed by atoms with Crippen molar-refractivity contribution in [2.45, 2.75) is 26.8 Å². The minimum Gasteiger partial charge on any atom is -0.481 e. The van der Waals surface area contributed by atoms with E-state index in [-0.39, 0.29) is 12.3 Å². The zero-order valence-corrected chi connectivity index (χ0v) is 10.9. The van der Waals surface area contributed by atoms with Crippen LogP contribution in [-0.4, -0.2) is 31.3 Å². The number of carboxylic acid groups (broad SMARTS) is 1. The Morgan fingerprint density at radius 3 is 2.68 bits per heavy atom. The summed E-state index contributed by atoms with van der Waals surface area (Å²) < 4.78 is 1.65. The second kappa shape index (κ2) is 5.60. The average molecular weight is 260 g/mol. The van der Waals surface area contributed by atoms with E-state index in [1.165, 1.54) is 5.56 Å². The van der Waals surface area contributed by atoms with Gasteiger partial charge in [0.15, 0.2) is 5.82 Å². The molecule has 0 radical (unpaired) electrons. The first-order valence-electron chi connectivity index (χ1n) is 6.11. The molecule has 0 aliphatic heterocycles. The third-order valence-electron chi connectivity index (χ3n) is 2.85. The molecule has 1 heterocycles. The summed E-state index contributed by atoms with van der Waals surface area (Å²) in [5.41, 5.74) is 2.10. The van der Waals surface area contributed by atoms with Crippen molar-refractivity contribution in [2.24, 2.45) is 5.92 Å². The lowest BCUT2D eigenvalue weighted by atomic mass is 10.1. The summed E-state index contributed by atoms with van der Waals surface area (Å²) in [4.78, 5) is 10.7. The molecule has 0 amide bonds. The Hall–Kier alpha value is -2.24. The zero-order chi connectivity index (χ0) is 13.8. The maximum Gasteiger partial charge on any atom is 0.303 e. The Bertz CT molecular complexity index is 562. The van der Waals surface area contributed by atoms with E-state index in [0.717, 1.165) is 5.56 Å². The number of aromatic nitrogens is 4. The molecule has 1 unspecified atom stereocenters. The molecule has 0 saturated heterocycles. The smallest absolute Gasteiger partial charge is 0.303 e. The van der Waals surface area contributed by atoms with Crippen LogP contribution in [0.15, 0.2) is 24.3 Å². The topological polar surface area (TPSA) is 80.9 Å². The molecule has 6 heteroatoms. The highest BCUT2D eigenvalue weighted by molar-refractivity contribution is 5.66. The van der Waals surface area contributed by atoms with Gasteiger partial charge in [-0.15, -0.1) is 5.10 Å². The Morgan fingerprint density at radius 1 is 1.37 bits per heavy atom. The molecule has 19 heavy (non-hydrogen) atoms. The molecule has 0 saturated carbocycles. The van der Waals surface area contributed by atoms with Crippen molar-refractivity contribution in [3.05, 3.63) is 29.8 Å². The first kappa shape index (κ1) is 13.2. The largest absolute Gasteiger partial charge is 0.481 e. The third-order valence-corrected chi connectivity index (χ3v) is 2.85. The van der Waals surface area contributed by atoms with Crippen molar-refractivity contribution >= 4 is 5.97 Å². The molecule has 0 aliphatic carbocycles. The predicted octanol–water partition coefficient (Wildman–Crippen LogP) is 1.76. The molecule has 0 bridgehead atoms. The number of carbonyl (C=O) groups is 1. The molecule has 1 aromatic heterocycles. The van der Waals surface area contributed by atoms with Crippen molar-refractivity contribution in [1.29, 1.82) is 0 Å². The number of aryl methyl sites for hydroxylation is 1. The van der Waals surface area contributed by atoms with Crippen LogP contribution in [0.4, 0.5) is 0 Å². The van der Waals surface area contributed by atoms with Gasteiger partial charge in [-0.2, -0.15) is 0 Å². The number of tetrazole rings is 1. The molecular weight excluding hydrogens is 244 g/mol. The quantitative estimate of drug-likeness (QED) is 0.885. The van der Waals surface area contributed by atoms with Gasteiger partial charge >= 0.3 is 5.97 Å². The summed E-state index contributed by atoms with van der Waals surface area (Å²) in [7, 11) is 0. The minimum absolute atomic E-state index is 0.0230. The van der Waals surface area contributed by atoms with Crippen LogP contribution in [0.1, 0.15) is 18.9 Å². The lowest BCUT2D eigenvalue weighted by molar-refractivity contribution is -0.138. The Balaban J connectivity index is 2.18. The van der Waals surface area contributed by atoms with Gasteiger partial charge in [-0.1, -0.05) is 36.8 Å². The predicted molar refractivity (Wildman–Crippen MR) is 69.4 cm³/mol. The molecule has 0 fully saturated rings. The van der Waals surface area contributed by atoms with Crippen molar-refractivity contribution in [3.8, 4) is 11.4 Å². The fourth-order valence-corrected chi connectivity index (χ4v) is 1.89. The van der Waals surface area contributed by atoms with Crippen LogP contribution in [-0.2, 0) is 11.3 Å². The third kappa shape index (κ3) is 3.37. The average Bonchev–Trinajstić information content (AvgIpc) is 2.77. The maximum absolute atomic E-state index is 10.7. The van der Waals surface area contributed by atoms with E-state index in [9.17, 15) is 4.79 Å². The number of rotatable bonds is 5. The zero-order valence-electron chi connectivity index (χ0n) is 10.9. The second-order valence-electron chi connectivity index (χ2n) is 4.75. The standard InChI is InChI=1S/C13H16N4O2/c1-9-3-5-11(6-4-9)13-14-15-16-17(13)8-10(2)7-12(18)19/h3-6,10H,7-8H2,1-2H3,(H,18,19). The summed E-state index contributed by atoms with van der Waals surface area (Å²) in [6.07, 6.45) is 0.104. The van der Waals surface area contributed by atoms with Crippen LogP contribution >= 0.6 is 0 Å². The van der Waals surface area contributed by atoms with Crippen LogP contribution in [0.25, 0.3) is 11.4 Å². The molecule has 1 aromatic carbocycles. The van der Waals surface area contributed by atoms with E-state index >= 15 is 0 Å². The lowest BCUT2D eigenvalue weighted by Gasteiger charge is -2.10. The Labute approximate surface area is 111 Å². The molecule has 6 nitrogen and oxygen atoms in total. The van der Waals surface area contributed by atoms with Gasteiger partial charge in [0, 0.05) is 18.5 Å². The summed E-state index contributed by atoms with van der Waals surface area (Å²) in [6, 6.07) is 7.91. The van der Waals surface area contributed by atoms with Gasteiger partial charge in [0.05, 0.1) is 0 Å². The van der Waals surface area contributed by atoms with E-state index in [1.807, 2.05) is 38.1 Å². The number of nitrogens with zero attached hydrogens (tertiary/aromatic N) is 4. The van der Waals surface area contributed by atoms with Gasteiger partial charge in [0.1, 0.15) is 0 Å². The highest BCUT2D eigenvalue weighted by Crippen LogP contribution is 2.17. The van der Waals surface area contributed by atoms with Crippen molar-refractivity contribution in [1.82, 2.24) is 20.2 Å². The van der Waals surface area contributed by atoms with Crippen LogP contribution < -0.4 is 0 Å². The molecule has 1 N–H and O–H groups in total. The molecule has 100 valence electrons.